The fourth-order valence-corrected chi connectivity index (χ4v) is 2.65. The molecule has 0 radical (unpaired) electrons. The molecule has 1 aromatic carbocycles. The van der Waals surface area contributed by atoms with E-state index >= 15 is 0 Å². The Kier molecular flexibility index (Phi) is 4.84. The predicted molar refractivity (Wildman–Crippen MR) is 86.3 cm³/mol. The molecule has 3 nitrogen and oxygen atoms in total. The van der Waals surface area contributed by atoms with Crippen LogP contribution < -0.4 is 9.30 Å². The number of para-hydroxylation sites is 1. The highest BCUT2D eigenvalue weighted by Gasteiger charge is 2.19. The lowest BCUT2D eigenvalue weighted by molar-refractivity contribution is -0.677. The Balaban J connectivity index is 2.03. The molecule has 0 saturated carbocycles. The molecule has 2 aromatic rings. The molecular formula is C18H25N2O+. The number of rotatable bonds is 6. The van der Waals surface area contributed by atoms with Crippen LogP contribution in [0.2, 0.25) is 0 Å². The Morgan fingerprint density at radius 2 is 2.05 bits per heavy atom. The number of ether oxygens (including phenoxy) is 1. The summed E-state index contributed by atoms with van der Waals surface area (Å²) in [6.07, 6.45) is 7.16. The van der Waals surface area contributed by atoms with Gasteiger partial charge in [0.25, 0.3) is 5.82 Å². The van der Waals surface area contributed by atoms with Crippen molar-refractivity contribution in [3.05, 3.63) is 54.6 Å². The smallest absolute Gasteiger partial charge is 0.253 e. The first kappa shape index (κ1) is 15.4. The number of imidazole rings is 1. The summed E-state index contributed by atoms with van der Waals surface area (Å²) in [5.41, 5.74) is 1.04. The average molecular weight is 285 g/mol. The summed E-state index contributed by atoms with van der Waals surface area (Å²) < 4.78 is 10.5. The van der Waals surface area contributed by atoms with Gasteiger partial charge >= 0.3 is 0 Å². The summed E-state index contributed by atoms with van der Waals surface area (Å²) in [4.78, 5) is 0. The van der Waals surface area contributed by atoms with E-state index in [0.717, 1.165) is 17.7 Å². The first-order chi connectivity index (χ1) is 10.0. The zero-order valence-electron chi connectivity index (χ0n) is 13.4. The minimum atomic E-state index is 0.146. The average Bonchev–Trinajstić information content (AvgIpc) is 2.79. The lowest BCUT2D eigenvalue weighted by Gasteiger charge is -2.19. The third-order valence-corrected chi connectivity index (χ3v) is 3.95. The number of aromatic nitrogens is 2. The Labute approximate surface area is 127 Å². The molecule has 0 N–H and O–H groups in total. The van der Waals surface area contributed by atoms with E-state index in [1.807, 2.05) is 30.3 Å². The maximum atomic E-state index is 6.08. The first-order valence-corrected chi connectivity index (χ1v) is 7.44. The molecular weight excluding hydrogens is 260 g/mol. The molecule has 0 spiro atoms. The van der Waals surface area contributed by atoms with Gasteiger partial charge in [0.15, 0.2) is 0 Å². The van der Waals surface area contributed by atoms with Crippen LogP contribution in [0.1, 0.15) is 37.7 Å². The van der Waals surface area contributed by atoms with E-state index in [1.165, 1.54) is 5.82 Å². The Hall–Kier alpha value is -2.03. The molecule has 0 bridgehead atoms. The third kappa shape index (κ3) is 3.54. The maximum absolute atomic E-state index is 6.08. The molecule has 0 fully saturated rings. The molecule has 3 heteroatoms. The molecule has 0 aliphatic carbocycles. The highest BCUT2D eigenvalue weighted by molar-refractivity contribution is 5.55. The molecule has 0 aliphatic heterocycles. The van der Waals surface area contributed by atoms with Crippen LogP contribution in [0.4, 0.5) is 0 Å². The highest BCUT2D eigenvalue weighted by Crippen LogP contribution is 2.23. The van der Waals surface area contributed by atoms with Gasteiger partial charge in [0, 0.05) is 18.9 Å². The molecule has 0 amide bonds. The Bertz CT molecular complexity index is 615. The summed E-state index contributed by atoms with van der Waals surface area (Å²) >= 11 is 0. The number of aryl methyl sites for hydroxylation is 1. The molecule has 112 valence electrons. The second-order valence-corrected chi connectivity index (χ2v) is 5.62. The maximum Gasteiger partial charge on any atom is 0.253 e. The van der Waals surface area contributed by atoms with Gasteiger partial charge < -0.3 is 4.74 Å². The molecule has 0 aliphatic rings. The fourth-order valence-electron chi connectivity index (χ4n) is 2.65. The number of benzene rings is 1. The molecule has 0 saturated heterocycles. The largest absolute Gasteiger partial charge is 0.490 e. The summed E-state index contributed by atoms with van der Waals surface area (Å²) in [5.74, 6) is 2.16. The van der Waals surface area contributed by atoms with E-state index in [2.05, 4.69) is 55.9 Å². The topological polar surface area (TPSA) is 18.0 Å². The van der Waals surface area contributed by atoms with Crippen molar-refractivity contribution in [3.63, 3.8) is 0 Å². The van der Waals surface area contributed by atoms with Gasteiger partial charge in [-0.1, -0.05) is 30.9 Å². The summed E-state index contributed by atoms with van der Waals surface area (Å²) in [6.45, 7) is 10.3. The number of hydrogen-bond donors (Lipinski definition) is 0. The molecule has 21 heavy (non-hydrogen) atoms. The minimum absolute atomic E-state index is 0.146. The summed E-state index contributed by atoms with van der Waals surface area (Å²) in [6, 6.07) is 8.42. The van der Waals surface area contributed by atoms with Crippen molar-refractivity contribution in [2.24, 2.45) is 7.05 Å². The van der Waals surface area contributed by atoms with Crippen molar-refractivity contribution in [1.29, 1.82) is 0 Å². The zero-order valence-corrected chi connectivity index (χ0v) is 13.4. The number of hydrogen-bond acceptors (Lipinski definition) is 1. The summed E-state index contributed by atoms with van der Waals surface area (Å²) in [5, 5.41) is 0. The number of nitrogens with zero attached hydrogens (tertiary/aromatic N) is 2. The summed E-state index contributed by atoms with van der Waals surface area (Å²) in [7, 11) is 2.07. The van der Waals surface area contributed by atoms with Crippen LogP contribution in [0, 0.1) is 6.92 Å². The SMILES string of the molecule is C=Cc1ccccc1OC(C)CC(C)n1cc[n+](C)c1C. The van der Waals surface area contributed by atoms with E-state index < -0.39 is 0 Å². The molecule has 1 heterocycles. The van der Waals surface area contributed by atoms with Gasteiger partial charge in [-0.25, -0.2) is 9.13 Å². The van der Waals surface area contributed by atoms with Gasteiger partial charge in [-0.15, -0.1) is 0 Å². The van der Waals surface area contributed by atoms with Crippen LogP contribution >= 0.6 is 0 Å². The lowest BCUT2D eigenvalue weighted by Crippen LogP contribution is -2.30. The minimum Gasteiger partial charge on any atom is -0.490 e. The van der Waals surface area contributed by atoms with Crippen molar-refractivity contribution in [2.45, 2.75) is 39.3 Å². The monoisotopic (exact) mass is 285 g/mol. The molecule has 2 atom stereocenters. The van der Waals surface area contributed by atoms with Gasteiger partial charge in [-0.3, -0.25) is 0 Å². The van der Waals surface area contributed by atoms with Gasteiger partial charge in [-0.2, -0.15) is 0 Å². The zero-order chi connectivity index (χ0) is 15.4. The lowest BCUT2D eigenvalue weighted by atomic mass is 10.1. The van der Waals surface area contributed by atoms with Gasteiger partial charge in [0.2, 0.25) is 0 Å². The van der Waals surface area contributed by atoms with Crippen LogP contribution in [-0.2, 0) is 7.05 Å². The normalized spacial score (nSPS) is 13.7. The fraction of sp³-hybridized carbons (Fsp3) is 0.389. The van der Waals surface area contributed by atoms with Crippen molar-refractivity contribution < 1.29 is 9.30 Å². The Morgan fingerprint density at radius 1 is 1.33 bits per heavy atom. The first-order valence-electron chi connectivity index (χ1n) is 7.44. The van der Waals surface area contributed by atoms with E-state index in [4.69, 9.17) is 4.74 Å². The second-order valence-electron chi connectivity index (χ2n) is 5.62. The van der Waals surface area contributed by atoms with Gasteiger partial charge in [0.1, 0.15) is 24.2 Å². The predicted octanol–water partition coefficient (Wildman–Crippen LogP) is 3.68. The van der Waals surface area contributed by atoms with E-state index in [1.54, 1.807) is 0 Å². The van der Waals surface area contributed by atoms with Crippen LogP contribution in [-0.4, -0.2) is 10.7 Å². The van der Waals surface area contributed by atoms with Crippen LogP contribution in [0.3, 0.4) is 0 Å². The molecule has 2 unspecified atom stereocenters. The van der Waals surface area contributed by atoms with Crippen molar-refractivity contribution in [1.82, 2.24) is 4.57 Å². The van der Waals surface area contributed by atoms with Crippen LogP contribution in [0.15, 0.2) is 43.2 Å². The third-order valence-electron chi connectivity index (χ3n) is 3.95. The van der Waals surface area contributed by atoms with Crippen LogP contribution in [0.25, 0.3) is 6.08 Å². The molecule has 2 rings (SSSR count). The second kappa shape index (κ2) is 6.61. The van der Waals surface area contributed by atoms with Crippen LogP contribution in [0.5, 0.6) is 5.75 Å². The van der Waals surface area contributed by atoms with Crippen molar-refractivity contribution >= 4 is 6.08 Å². The quantitative estimate of drug-likeness (QED) is 0.740. The molecule has 1 aromatic heterocycles. The Morgan fingerprint density at radius 3 is 2.67 bits per heavy atom. The van der Waals surface area contributed by atoms with E-state index in [-0.39, 0.29) is 6.10 Å². The van der Waals surface area contributed by atoms with Crippen molar-refractivity contribution in [2.75, 3.05) is 0 Å². The van der Waals surface area contributed by atoms with Crippen molar-refractivity contribution in [3.8, 4) is 5.75 Å². The van der Waals surface area contributed by atoms with Gasteiger partial charge in [0.05, 0.1) is 13.2 Å². The van der Waals surface area contributed by atoms with Gasteiger partial charge in [-0.05, 0) is 19.9 Å². The van der Waals surface area contributed by atoms with E-state index in [0.29, 0.717) is 6.04 Å². The van der Waals surface area contributed by atoms with E-state index in [9.17, 15) is 0 Å². The standard InChI is InChI=1S/C18H25N2O/c1-6-17-9-7-8-10-18(17)21-15(3)13-14(2)20-12-11-19(5)16(20)4/h6-12,14-15H,1,13H2,2-5H3/q+1. The highest BCUT2D eigenvalue weighted by atomic mass is 16.5.